The van der Waals surface area contributed by atoms with Crippen molar-refractivity contribution in [2.75, 3.05) is 6.54 Å². The molecule has 1 heterocycles. The van der Waals surface area contributed by atoms with Crippen LogP contribution in [0.25, 0.3) is 10.9 Å². The molecule has 5 nitrogen and oxygen atoms in total. The zero-order valence-corrected chi connectivity index (χ0v) is 16.5. The Bertz CT molecular complexity index is 736. The first-order valence-electron chi connectivity index (χ1n) is 10.0. The molecule has 0 aliphatic heterocycles. The molecule has 1 aromatic heterocycles. The summed E-state index contributed by atoms with van der Waals surface area (Å²) in [7, 11) is 0. The molecule has 1 amide bonds. The molecule has 0 aliphatic carbocycles. The highest BCUT2D eigenvalue weighted by Crippen LogP contribution is 2.19. The number of carbonyl (C=O) groups excluding carboxylic acids is 1. The van der Waals surface area contributed by atoms with Gasteiger partial charge in [0.05, 0.1) is 5.92 Å². The average Bonchev–Trinajstić information content (AvgIpc) is 3.05. The van der Waals surface area contributed by atoms with Crippen LogP contribution in [-0.2, 0) is 16.0 Å². The topological polar surface area (TPSA) is 82.2 Å². The molecule has 1 atom stereocenters. The van der Waals surface area contributed by atoms with Gasteiger partial charge in [0.15, 0.2) is 0 Å². The van der Waals surface area contributed by atoms with Gasteiger partial charge in [0.25, 0.3) is 0 Å². The summed E-state index contributed by atoms with van der Waals surface area (Å²) in [6.07, 6.45) is 7.18. The Morgan fingerprint density at radius 3 is 2.63 bits per heavy atom. The van der Waals surface area contributed by atoms with Crippen molar-refractivity contribution in [3.05, 3.63) is 36.0 Å². The van der Waals surface area contributed by atoms with E-state index in [2.05, 4.69) is 30.2 Å². The van der Waals surface area contributed by atoms with Crippen LogP contribution in [0.3, 0.4) is 0 Å². The molecule has 0 saturated heterocycles. The second-order valence-corrected chi connectivity index (χ2v) is 7.71. The lowest BCUT2D eigenvalue weighted by Crippen LogP contribution is -2.25. The lowest BCUT2D eigenvalue weighted by Gasteiger charge is -2.13. The van der Waals surface area contributed by atoms with Gasteiger partial charge >= 0.3 is 5.97 Å². The fourth-order valence-electron chi connectivity index (χ4n) is 3.34. The number of hydrogen-bond donors (Lipinski definition) is 3. The molecule has 0 spiro atoms. The fraction of sp³-hybridized carbons (Fsp3) is 0.545. The van der Waals surface area contributed by atoms with Gasteiger partial charge in [-0.05, 0) is 43.2 Å². The molecule has 2 rings (SSSR count). The predicted octanol–water partition coefficient (Wildman–Crippen LogP) is 4.52. The summed E-state index contributed by atoms with van der Waals surface area (Å²) in [4.78, 5) is 26.6. The van der Waals surface area contributed by atoms with Gasteiger partial charge in [0.1, 0.15) is 0 Å². The van der Waals surface area contributed by atoms with E-state index in [9.17, 15) is 14.7 Å². The lowest BCUT2D eigenvalue weighted by molar-refractivity contribution is -0.142. The van der Waals surface area contributed by atoms with Crippen LogP contribution in [0.1, 0.15) is 57.9 Å². The van der Waals surface area contributed by atoms with Crippen LogP contribution < -0.4 is 5.32 Å². The van der Waals surface area contributed by atoms with Gasteiger partial charge in [-0.3, -0.25) is 9.59 Å². The third kappa shape index (κ3) is 7.08. The number of carbonyl (C=O) groups is 2. The average molecular weight is 373 g/mol. The van der Waals surface area contributed by atoms with Crippen molar-refractivity contribution in [3.8, 4) is 0 Å². The number of carboxylic acid groups (broad SMARTS) is 1. The lowest BCUT2D eigenvalue weighted by atomic mass is 9.93. The summed E-state index contributed by atoms with van der Waals surface area (Å²) in [5.74, 6) is -0.374. The number of rotatable bonds is 12. The van der Waals surface area contributed by atoms with Crippen molar-refractivity contribution in [1.29, 1.82) is 0 Å². The highest BCUT2D eigenvalue weighted by atomic mass is 16.4. The van der Waals surface area contributed by atoms with Crippen molar-refractivity contribution in [3.63, 3.8) is 0 Å². The molecular formula is C22H32N2O3. The van der Waals surface area contributed by atoms with Crippen LogP contribution in [0.5, 0.6) is 0 Å². The number of carboxylic acids is 1. The summed E-state index contributed by atoms with van der Waals surface area (Å²) in [6.45, 7) is 4.85. The molecule has 3 N–H and O–H groups in total. The Labute approximate surface area is 161 Å². The second-order valence-electron chi connectivity index (χ2n) is 7.71. The van der Waals surface area contributed by atoms with E-state index < -0.39 is 5.97 Å². The quantitative estimate of drug-likeness (QED) is 0.479. The molecule has 148 valence electrons. The van der Waals surface area contributed by atoms with E-state index in [1.807, 2.05) is 24.4 Å². The summed E-state index contributed by atoms with van der Waals surface area (Å²) in [5, 5.41) is 13.4. The minimum Gasteiger partial charge on any atom is -0.481 e. The number of hydrogen-bond acceptors (Lipinski definition) is 2. The zero-order valence-electron chi connectivity index (χ0n) is 16.5. The van der Waals surface area contributed by atoms with Gasteiger partial charge in [0, 0.05) is 30.1 Å². The number of nitrogens with one attached hydrogen (secondary N) is 2. The first-order valence-corrected chi connectivity index (χ1v) is 10.0. The first-order chi connectivity index (χ1) is 13.0. The van der Waals surface area contributed by atoms with Gasteiger partial charge in [-0.25, -0.2) is 0 Å². The zero-order chi connectivity index (χ0) is 19.6. The SMILES string of the molecule is CC(C)CCC(CCCCNC(=O)CCc1c[nH]c2ccccc12)C(=O)O. The molecule has 0 bridgehead atoms. The van der Waals surface area contributed by atoms with Crippen molar-refractivity contribution in [1.82, 2.24) is 10.3 Å². The number of H-pyrrole nitrogens is 1. The van der Waals surface area contributed by atoms with Gasteiger partial charge in [-0.1, -0.05) is 44.9 Å². The fourth-order valence-corrected chi connectivity index (χ4v) is 3.34. The van der Waals surface area contributed by atoms with Crippen LogP contribution in [0, 0.1) is 11.8 Å². The molecule has 1 aromatic carbocycles. The largest absolute Gasteiger partial charge is 0.481 e. The number of benzene rings is 1. The molecule has 0 saturated carbocycles. The van der Waals surface area contributed by atoms with E-state index in [1.165, 1.54) is 5.39 Å². The number of aromatic nitrogens is 1. The number of amides is 1. The molecular weight excluding hydrogens is 340 g/mol. The molecule has 0 radical (unpaired) electrons. The van der Waals surface area contributed by atoms with Crippen LogP contribution in [0.2, 0.25) is 0 Å². The van der Waals surface area contributed by atoms with E-state index >= 15 is 0 Å². The summed E-state index contributed by atoms with van der Waals surface area (Å²) in [5.41, 5.74) is 2.26. The van der Waals surface area contributed by atoms with Crippen LogP contribution in [0.4, 0.5) is 0 Å². The maximum absolute atomic E-state index is 12.0. The van der Waals surface area contributed by atoms with Gasteiger partial charge in [-0.15, -0.1) is 0 Å². The summed E-state index contributed by atoms with van der Waals surface area (Å²) in [6, 6.07) is 8.10. The van der Waals surface area contributed by atoms with Gasteiger partial charge in [0.2, 0.25) is 5.91 Å². The molecule has 0 fully saturated rings. The Morgan fingerprint density at radius 1 is 1.11 bits per heavy atom. The van der Waals surface area contributed by atoms with Crippen LogP contribution in [0.15, 0.2) is 30.5 Å². The van der Waals surface area contributed by atoms with E-state index in [0.29, 0.717) is 31.7 Å². The Kier molecular flexibility index (Phi) is 8.37. The Hall–Kier alpha value is -2.30. The molecule has 0 aliphatic rings. The highest BCUT2D eigenvalue weighted by molar-refractivity contribution is 5.84. The van der Waals surface area contributed by atoms with Crippen molar-refractivity contribution in [2.24, 2.45) is 11.8 Å². The summed E-state index contributed by atoms with van der Waals surface area (Å²) >= 11 is 0. The maximum Gasteiger partial charge on any atom is 0.306 e. The van der Waals surface area contributed by atoms with E-state index in [0.717, 1.165) is 36.8 Å². The predicted molar refractivity (Wildman–Crippen MR) is 109 cm³/mol. The number of unbranched alkanes of at least 4 members (excludes halogenated alkanes) is 1. The first kappa shape index (κ1) is 21.0. The van der Waals surface area contributed by atoms with E-state index in [-0.39, 0.29) is 11.8 Å². The highest BCUT2D eigenvalue weighted by Gasteiger charge is 2.17. The third-order valence-corrected chi connectivity index (χ3v) is 5.04. The molecule has 2 aromatic rings. The second kappa shape index (κ2) is 10.8. The van der Waals surface area contributed by atoms with E-state index in [4.69, 9.17) is 0 Å². The maximum atomic E-state index is 12.0. The normalized spacial score (nSPS) is 12.4. The standard InChI is InChI=1S/C22H32N2O3/c1-16(2)10-11-17(22(26)27)7-5-6-14-23-21(25)13-12-18-15-24-20-9-4-3-8-19(18)20/h3-4,8-9,15-17,24H,5-7,10-14H2,1-2H3,(H,23,25)(H,26,27). The molecule has 5 heteroatoms. The number of para-hydroxylation sites is 1. The molecule has 27 heavy (non-hydrogen) atoms. The van der Waals surface area contributed by atoms with Gasteiger partial charge in [-0.2, -0.15) is 0 Å². The van der Waals surface area contributed by atoms with Crippen LogP contribution >= 0.6 is 0 Å². The number of aliphatic carboxylic acids is 1. The van der Waals surface area contributed by atoms with Crippen molar-refractivity contribution in [2.45, 2.75) is 58.8 Å². The minimum absolute atomic E-state index is 0.0508. The Balaban J connectivity index is 1.62. The number of fused-ring (bicyclic) bond motifs is 1. The Morgan fingerprint density at radius 2 is 1.89 bits per heavy atom. The third-order valence-electron chi connectivity index (χ3n) is 5.04. The number of aromatic amines is 1. The number of aryl methyl sites for hydroxylation is 1. The van der Waals surface area contributed by atoms with Crippen LogP contribution in [-0.4, -0.2) is 28.5 Å². The summed E-state index contributed by atoms with van der Waals surface area (Å²) < 4.78 is 0. The van der Waals surface area contributed by atoms with Gasteiger partial charge < -0.3 is 15.4 Å². The van der Waals surface area contributed by atoms with Crippen molar-refractivity contribution < 1.29 is 14.7 Å². The smallest absolute Gasteiger partial charge is 0.306 e. The molecule has 1 unspecified atom stereocenters. The van der Waals surface area contributed by atoms with E-state index in [1.54, 1.807) is 0 Å². The monoisotopic (exact) mass is 372 g/mol. The minimum atomic E-state index is -0.696. The van der Waals surface area contributed by atoms with Crippen molar-refractivity contribution >= 4 is 22.8 Å².